The van der Waals surface area contributed by atoms with Crippen LogP contribution in [0.2, 0.25) is 10.0 Å². The summed E-state index contributed by atoms with van der Waals surface area (Å²) < 4.78 is 11.8. The highest BCUT2D eigenvalue weighted by Crippen LogP contribution is 2.26. The van der Waals surface area contributed by atoms with Crippen molar-refractivity contribution in [2.24, 2.45) is 0 Å². The molecule has 0 unspecified atom stereocenters. The lowest BCUT2D eigenvalue weighted by atomic mass is 10.1. The highest BCUT2D eigenvalue weighted by Gasteiger charge is 2.24. The molecule has 1 heterocycles. The van der Waals surface area contributed by atoms with Crippen LogP contribution in [-0.2, 0) is 13.2 Å². The lowest BCUT2D eigenvalue weighted by molar-refractivity contribution is 0.0667. The summed E-state index contributed by atoms with van der Waals surface area (Å²) in [6.45, 7) is 4.28. The SMILES string of the molecule is CC(C)N(Cc1nnc(-c2ccc(Cl)cc2)o1)C(=O)c1ccccc1OCc1ccccc1Cl. The van der Waals surface area contributed by atoms with Crippen molar-refractivity contribution in [3.63, 3.8) is 0 Å². The van der Waals surface area contributed by atoms with E-state index in [0.717, 1.165) is 11.1 Å². The number of halogens is 2. The van der Waals surface area contributed by atoms with Gasteiger partial charge in [0.05, 0.1) is 12.1 Å². The molecule has 0 spiro atoms. The van der Waals surface area contributed by atoms with E-state index in [1.807, 2.05) is 38.1 Å². The zero-order valence-corrected chi connectivity index (χ0v) is 20.3. The summed E-state index contributed by atoms with van der Waals surface area (Å²) in [7, 11) is 0. The van der Waals surface area contributed by atoms with Gasteiger partial charge in [0.2, 0.25) is 11.8 Å². The molecule has 4 rings (SSSR count). The van der Waals surface area contributed by atoms with Gasteiger partial charge in [-0.25, -0.2) is 0 Å². The molecule has 0 N–H and O–H groups in total. The van der Waals surface area contributed by atoms with Crippen molar-refractivity contribution >= 4 is 29.1 Å². The van der Waals surface area contributed by atoms with Gasteiger partial charge >= 0.3 is 0 Å². The predicted molar refractivity (Wildman–Crippen MR) is 132 cm³/mol. The number of hydrogen-bond donors (Lipinski definition) is 0. The summed E-state index contributed by atoms with van der Waals surface area (Å²) in [5.41, 5.74) is 2.04. The molecule has 0 radical (unpaired) electrons. The third kappa shape index (κ3) is 5.58. The van der Waals surface area contributed by atoms with E-state index >= 15 is 0 Å². The van der Waals surface area contributed by atoms with E-state index in [0.29, 0.717) is 33.1 Å². The van der Waals surface area contributed by atoms with E-state index in [1.54, 1.807) is 53.4 Å². The molecule has 0 aliphatic rings. The van der Waals surface area contributed by atoms with Crippen LogP contribution in [0.4, 0.5) is 0 Å². The Balaban J connectivity index is 1.52. The zero-order chi connectivity index (χ0) is 24.1. The number of para-hydroxylation sites is 1. The molecule has 0 saturated carbocycles. The van der Waals surface area contributed by atoms with Gasteiger partial charge in [0.25, 0.3) is 5.91 Å². The molecular formula is C26H23Cl2N3O3. The third-order valence-corrected chi connectivity index (χ3v) is 5.83. The van der Waals surface area contributed by atoms with Gasteiger partial charge in [0.15, 0.2) is 0 Å². The minimum absolute atomic E-state index is 0.116. The van der Waals surface area contributed by atoms with Crippen LogP contribution in [0.3, 0.4) is 0 Å². The summed E-state index contributed by atoms with van der Waals surface area (Å²) >= 11 is 12.2. The summed E-state index contributed by atoms with van der Waals surface area (Å²) in [5, 5.41) is 9.48. The van der Waals surface area contributed by atoms with E-state index in [4.69, 9.17) is 32.4 Å². The lowest BCUT2D eigenvalue weighted by Gasteiger charge is -2.26. The fourth-order valence-corrected chi connectivity index (χ4v) is 3.67. The van der Waals surface area contributed by atoms with E-state index in [9.17, 15) is 4.79 Å². The van der Waals surface area contributed by atoms with Crippen molar-refractivity contribution in [2.75, 3.05) is 0 Å². The van der Waals surface area contributed by atoms with Crippen LogP contribution in [0.5, 0.6) is 5.75 Å². The van der Waals surface area contributed by atoms with Crippen LogP contribution >= 0.6 is 23.2 Å². The monoisotopic (exact) mass is 495 g/mol. The Hall–Kier alpha value is -3.35. The van der Waals surface area contributed by atoms with Crippen molar-refractivity contribution in [2.45, 2.75) is 33.0 Å². The molecule has 0 aliphatic heterocycles. The van der Waals surface area contributed by atoms with Crippen molar-refractivity contribution in [1.29, 1.82) is 0 Å². The molecular weight excluding hydrogens is 473 g/mol. The molecule has 1 aromatic heterocycles. The van der Waals surface area contributed by atoms with Gasteiger partial charge in [-0.2, -0.15) is 0 Å². The van der Waals surface area contributed by atoms with Crippen LogP contribution in [0.1, 0.15) is 35.7 Å². The fourth-order valence-electron chi connectivity index (χ4n) is 3.36. The molecule has 34 heavy (non-hydrogen) atoms. The summed E-state index contributed by atoms with van der Waals surface area (Å²) in [5.74, 6) is 0.981. The normalized spacial score (nSPS) is 11.0. The second kappa shape index (κ2) is 10.7. The Bertz CT molecular complexity index is 1270. The maximum absolute atomic E-state index is 13.5. The lowest BCUT2D eigenvalue weighted by Crippen LogP contribution is -2.36. The summed E-state index contributed by atoms with van der Waals surface area (Å²) in [4.78, 5) is 15.2. The number of nitrogens with zero attached hydrogens (tertiary/aromatic N) is 3. The number of hydrogen-bond acceptors (Lipinski definition) is 5. The van der Waals surface area contributed by atoms with Crippen molar-refractivity contribution in [3.05, 3.63) is 99.9 Å². The molecule has 0 bridgehead atoms. The number of aromatic nitrogens is 2. The smallest absolute Gasteiger partial charge is 0.258 e. The Labute approximate surface area is 208 Å². The van der Waals surface area contributed by atoms with Gasteiger partial charge < -0.3 is 14.1 Å². The molecule has 174 valence electrons. The van der Waals surface area contributed by atoms with Crippen molar-refractivity contribution in [3.8, 4) is 17.2 Å². The van der Waals surface area contributed by atoms with Gasteiger partial charge in [0, 0.05) is 27.2 Å². The second-order valence-corrected chi connectivity index (χ2v) is 8.75. The minimum Gasteiger partial charge on any atom is -0.488 e. The molecule has 4 aromatic rings. The molecule has 0 saturated heterocycles. The summed E-state index contributed by atoms with van der Waals surface area (Å²) in [6, 6.07) is 21.6. The van der Waals surface area contributed by atoms with Gasteiger partial charge in [-0.15, -0.1) is 10.2 Å². The maximum atomic E-state index is 13.5. The molecule has 0 atom stereocenters. The maximum Gasteiger partial charge on any atom is 0.258 e. The Morgan fingerprint density at radius 3 is 2.41 bits per heavy atom. The highest BCUT2D eigenvalue weighted by molar-refractivity contribution is 6.31. The zero-order valence-electron chi connectivity index (χ0n) is 18.7. The van der Waals surface area contributed by atoms with Crippen LogP contribution in [-0.4, -0.2) is 27.0 Å². The predicted octanol–water partition coefficient (Wildman–Crippen LogP) is 6.67. The quantitative estimate of drug-likeness (QED) is 0.272. The highest BCUT2D eigenvalue weighted by atomic mass is 35.5. The standard InChI is InChI=1S/C26H23Cl2N3O3/c1-17(2)31(15-24-29-30-25(34-24)18-11-13-20(27)14-12-18)26(32)21-8-4-6-10-23(21)33-16-19-7-3-5-9-22(19)28/h3-14,17H,15-16H2,1-2H3. The topological polar surface area (TPSA) is 68.5 Å². The minimum atomic E-state index is -0.198. The first-order valence-corrected chi connectivity index (χ1v) is 11.5. The van der Waals surface area contributed by atoms with Gasteiger partial charge in [-0.3, -0.25) is 4.79 Å². The number of ether oxygens (including phenoxy) is 1. The first-order chi connectivity index (χ1) is 16.4. The van der Waals surface area contributed by atoms with Crippen molar-refractivity contribution < 1.29 is 13.9 Å². The van der Waals surface area contributed by atoms with Crippen LogP contribution in [0.15, 0.2) is 77.2 Å². The molecule has 6 nitrogen and oxygen atoms in total. The average molecular weight is 496 g/mol. The first-order valence-electron chi connectivity index (χ1n) is 10.8. The fraction of sp³-hybridized carbons (Fsp3) is 0.192. The van der Waals surface area contributed by atoms with E-state index in [-0.39, 0.29) is 25.1 Å². The second-order valence-electron chi connectivity index (χ2n) is 7.91. The Morgan fingerprint density at radius 1 is 0.971 bits per heavy atom. The van der Waals surface area contributed by atoms with E-state index in [2.05, 4.69) is 10.2 Å². The number of amides is 1. The van der Waals surface area contributed by atoms with E-state index < -0.39 is 0 Å². The first kappa shape index (κ1) is 23.8. The Morgan fingerprint density at radius 2 is 1.68 bits per heavy atom. The summed E-state index contributed by atoms with van der Waals surface area (Å²) in [6.07, 6.45) is 0. The third-order valence-electron chi connectivity index (χ3n) is 5.21. The van der Waals surface area contributed by atoms with Crippen LogP contribution in [0.25, 0.3) is 11.5 Å². The number of rotatable bonds is 8. The molecule has 0 aliphatic carbocycles. The molecule has 0 fully saturated rings. The molecule has 3 aromatic carbocycles. The number of benzene rings is 3. The molecule has 8 heteroatoms. The van der Waals surface area contributed by atoms with E-state index in [1.165, 1.54) is 0 Å². The number of carbonyl (C=O) groups is 1. The average Bonchev–Trinajstić information content (AvgIpc) is 3.31. The van der Waals surface area contributed by atoms with Gasteiger partial charge in [0.1, 0.15) is 12.4 Å². The Kier molecular flexibility index (Phi) is 7.50. The largest absolute Gasteiger partial charge is 0.488 e. The molecule has 1 amide bonds. The van der Waals surface area contributed by atoms with Crippen LogP contribution in [0, 0.1) is 0 Å². The van der Waals surface area contributed by atoms with Gasteiger partial charge in [-0.05, 0) is 56.3 Å². The van der Waals surface area contributed by atoms with Crippen LogP contribution < -0.4 is 4.74 Å². The van der Waals surface area contributed by atoms with Gasteiger partial charge in [-0.1, -0.05) is 53.5 Å². The van der Waals surface area contributed by atoms with Crippen molar-refractivity contribution in [1.82, 2.24) is 15.1 Å². The number of carbonyl (C=O) groups excluding carboxylic acids is 1.